The average molecular weight is 254 g/mol. The Balaban J connectivity index is 2.10. The number of phenolic OH excluding ortho intramolecular Hbond substituents is 1. The van der Waals surface area contributed by atoms with E-state index in [4.69, 9.17) is 11.6 Å². The van der Waals surface area contributed by atoms with Gasteiger partial charge in [-0.1, -0.05) is 18.5 Å². The fraction of sp³-hybridized carbons (Fsp3) is 0.462. The molecule has 0 bridgehead atoms. The van der Waals surface area contributed by atoms with Crippen LogP contribution in [0, 0.1) is 11.8 Å². The Bertz CT molecular complexity index is 447. The van der Waals surface area contributed by atoms with Gasteiger partial charge in [-0.2, -0.15) is 0 Å². The molecular weight excluding hydrogens is 238 g/mol. The predicted molar refractivity (Wildman–Crippen MR) is 67.3 cm³/mol. The summed E-state index contributed by atoms with van der Waals surface area (Å²) >= 11 is 5.82. The maximum absolute atomic E-state index is 12.1. The number of benzene rings is 1. The van der Waals surface area contributed by atoms with Gasteiger partial charge in [-0.25, -0.2) is 0 Å². The molecule has 1 aliphatic carbocycles. The van der Waals surface area contributed by atoms with E-state index in [1.54, 1.807) is 18.0 Å². The molecule has 17 heavy (non-hydrogen) atoms. The van der Waals surface area contributed by atoms with Gasteiger partial charge in [0, 0.05) is 18.6 Å². The Hall–Kier alpha value is -1.22. The lowest BCUT2D eigenvalue weighted by Gasteiger charge is -2.17. The number of carbonyl (C=O) groups excluding carboxylic acids is 1. The number of rotatable bonds is 3. The molecule has 1 aromatic carbocycles. The smallest absolute Gasteiger partial charge is 0.257 e. The number of nitrogens with zero attached hydrogens (tertiary/aromatic N) is 1. The van der Waals surface area contributed by atoms with Gasteiger partial charge < -0.3 is 10.0 Å². The van der Waals surface area contributed by atoms with Gasteiger partial charge in [0.05, 0.1) is 5.56 Å². The molecule has 0 saturated heterocycles. The summed E-state index contributed by atoms with van der Waals surface area (Å²) in [5.41, 5.74) is 0.272. The Morgan fingerprint density at radius 2 is 2.24 bits per heavy atom. The highest BCUT2D eigenvalue weighted by molar-refractivity contribution is 6.31. The lowest BCUT2D eigenvalue weighted by Crippen LogP contribution is -2.29. The molecule has 1 saturated carbocycles. The minimum Gasteiger partial charge on any atom is -0.507 e. The van der Waals surface area contributed by atoms with Crippen LogP contribution in [0.4, 0.5) is 0 Å². The van der Waals surface area contributed by atoms with E-state index in [9.17, 15) is 9.90 Å². The first-order chi connectivity index (χ1) is 7.99. The molecule has 2 unspecified atom stereocenters. The summed E-state index contributed by atoms with van der Waals surface area (Å²) in [4.78, 5) is 13.7. The molecule has 1 fully saturated rings. The number of hydrogen-bond acceptors (Lipinski definition) is 2. The zero-order valence-corrected chi connectivity index (χ0v) is 10.7. The minimum atomic E-state index is -0.177. The molecule has 0 heterocycles. The van der Waals surface area contributed by atoms with Gasteiger partial charge in [-0.3, -0.25) is 4.79 Å². The van der Waals surface area contributed by atoms with Gasteiger partial charge >= 0.3 is 0 Å². The maximum atomic E-state index is 12.1. The summed E-state index contributed by atoms with van der Waals surface area (Å²) in [5.74, 6) is 1.11. The molecule has 0 spiro atoms. The summed E-state index contributed by atoms with van der Waals surface area (Å²) in [5, 5.41) is 10.1. The van der Waals surface area contributed by atoms with Crippen LogP contribution in [-0.2, 0) is 0 Å². The van der Waals surface area contributed by atoms with Crippen molar-refractivity contribution in [2.24, 2.45) is 11.8 Å². The van der Waals surface area contributed by atoms with Crippen molar-refractivity contribution in [1.82, 2.24) is 4.90 Å². The third kappa shape index (κ3) is 2.72. The standard InChI is InChI=1S/C13H16ClNO2/c1-8-5-9(8)7-15(2)13(17)11-6-10(14)3-4-12(11)16/h3-4,6,8-9,16H,5,7H2,1-2H3. The summed E-state index contributed by atoms with van der Waals surface area (Å²) in [6, 6.07) is 4.52. The van der Waals surface area contributed by atoms with Crippen LogP contribution in [0.15, 0.2) is 18.2 Å². The van der Waals surface area contributed by atoms with Gasteiger partial charge in [-0.15, -0.1) is 0 Å². The largest absolute Gasteiger partial charge is 0.507 e. The third-order valence-corrected chi connectivity index (χ3v) is 3.56. The first-order valence-electron chi connectivity index (χ1n) is 5.73. The number of hydrogen-bond donors (Lipinski definition) is 1. The number of phenols is 1. The lowest BCUT2D eigenvalue weighted by atomic mass is 10.1. The van der Waals surface area contributed by atoms with Crippen LogP contribution in [0.25, 0.3) is 0 Å². The van der Waals surface area contributed by atoms with Crippen molar-refractivity contribution in [3.05, 3.63) is 28.8 Å². The maximum Gasteiger partial charge on any atom is 0.257 e. The van der Waals surface area contributed by atoms with Crippen LogP contribution < -0.4 is 0 Å². The van der Waals surface area contributed by atoms with Crippen molar-refractivity contribution in [1.29, 1.82) is 0 Å². The van der Waals surface area contributed by atoms with Gasteiger partial charge in [0.15, 0.2) is 0 Å². The molecule has 0 aliphatic heterocycles. The fourth-order valence-electron chi connectivity index (χ4n) is 1.97. The molecule has 3 nitrogen and oxygen atoms in total. The summed E-state index contributed by atoms with van der Waals surface area (Å²) in [7, 11) is 1.76. The summed E-state index contributed by atoms with van der Waals surface area (Å²) < 4.78 is 0. The SMILES string of the molecule is CC1CC1CN(C)C(=O)c1cc(Cl)ccc1O. The molecule has 2 rings (SSSR count). The van der Waals surface area contributed by atoms with Crippen LogP contribution in [-0.4, -0.2) is 29.5 Å². The normalized spacial score (nSPS) is 22.3. The van der Waals surface area contributed by atoms with Crippen molar-refractivity contribution >= 4 is 17.5 Å². The second kappa shape index (κ2) is 4.57. The van der Waals surface area contributed by atoms with Crippen molar-refractivity contribution in [3.63, 3.8) is 0 Å². The molecule has 2 atom stereocenters. The zero-order chi connectivity index (χ0) is 12.6. The zero-order valence-electron chi connectivity index (χ0n) is 9.98. The summed E-state index contributed by atoms with van der Waals surface area (Å²) in [6.45, 7) is 2.92. The van der Waals surface area contributed by atoms with E-state index in [1.807, 2.05) is 0 Å². The second-order valence-corrected chi connectivity index (χ2v) is 5.26. The molecule has 92 valence electrons. The second-order valence-electron chi connectivity index (χ2n) is 4.82. The number of carbonyl (C=O) groups is 1. The van der Waals surface area contributed by atoms with Gasteiger partial charge in [-0.05, 0) is 36.5 Å². The number of amides is 1. The highest BCUT2D eigenvalue weighted by atomic mass is 35.5. The van der Waals surface area contributed by atoms with Gasteiger partial charge in [0.1, 0.15) is 5.75 Å². The average Bonchev–Trinajstić information content (AvgIpc) is 2.96. The van der Waals surface area contributed by atoms with Crippen LogP contribution in [0.1, 0.15) is 23.7 Å². The van der Waals surface area contributed by atoms with E-state index < -0.39 is 0 Å². The van der Waals surface area contributed by atoms with Crippen molar-refractivity contribution in [2.75, 3.05) is 13.6 Å². The van der Waals surface area contributed by atoms with Crippen LogP contribution in [0.2, 0.25) is 5.02 Å². The molecule has 1 aliphatic rings. The summed E-state index contributed by atoms with van der Waals surface area (Å²) in [6.07, 6.45) is 1.18. The molecule has 0 radical (unpaired) electrons. The Labute approximate surface area is 106 Å². The molecule has 1 amide bonds. The molecule has 4 heteroatoms. The van der Waals surface area contributed by atoms with Crippen molar-refractivity contribution in [2.45, 2.75) is 13.3 Å². The van der Waals surface area contributed by atoms with Crippen LogP contribution in [0.3, 0.4) is 0 Å². The van der Waals surface area contributed by atoms with Crippen LogP contribution >= 0.6 is 11.6 Å². The molecular formula is C13H16ClNO2. The fourth-order valence-corrected chi connectivity index (χ4v) is 2.15. The minimum absolute atomic E-state index is 0.0184. The Morgan fingerprint density at radius 3 is 2.82 bits per heavy atom. The number of aromatic hydroxyl groups is 1. The molecule has 1 aromatic rings. The topological polar surface area (TPSA) is 40.5 Å². The Morgan fingerprint density at radius 1 is 1.59 bits per heavy atom. The predicted octanol–water partition coefficient (Wildman–Crippen LogP) is 2.77. The first kappa shape index (κ1) is 12.2. The van der Waals surface area contributed by atoms with Crippen LogP contribution in [0.5, 0.6) is 5.75 Å². The van der Waals surface area contributed by atoms with E-state index in [0.717, 1.165) is 6.54 Å². The molecule has 0 aromatic heterocycles. The van der Waals surface area contributed by atoms with E-state index >= 15 is 0 Å². The number of halogens is 1. The highest BCUT2D eigenvalue weighted by Gasteiger charge is 2.34. The van der Waals surface area contributed by atoms with Crippen molar-refractivity contribution < 1.29 is 9.90 Å². The van der Waals surface area contributed by atoms with E-state index in [-0.39, 0.29) is 17.2 Å². The Kier molecular flexibility index (Phi) is 3.29. The van der Waals surface area contributed by atoms with E-state index in [2.05, 4.69) is 6.92 Å². The monoisotopic (exact) mass is 253 g/mol. The van der Waals surface area contributed by atoms with Crippen molar-refractivity contribution in [3.8, 4) is 5.75 Å². The van der Waals surface area contributed by atoms with Gasteiger partial charge in [0.25, 0.3) is 5.91 Å². The highest BCUT2D eigenvalue weighted by Crippen LogP contribution is 2.38. The van der Waals surface area contributed by atoms with Gasteiger partial charge in [0.2, 0.25) is 0 Å². The first-order valence-corrected chi connectivity index (χ1v) is 6.11. The lowest BCUT2D eigenvalue weighted by molar-refractivity contribution is 0.0784. The third-order valence-electron chi connectivity index (χ3n) is 3.32. The van der Waals surface area contributed by atoms with E-state index in [0.29, 0.717) is 16.9 Å². The quantitative estimate of drug-likeness (QED) is 0.900. The van der Waals surface area contributed by atoms with E-state index in [1.165, 1.54) is 18.6 Å². The molecule has 1 N–H and O–H groups in total.